The lowest BCUT2D eigenvalue weighted by atomic mass is 10.1. The van der Waals surface area contributed by atoms with Crippen LogP contribution in [-0.4, -0.2) is 24.6 Å². The van der Waals surface area contributed by atoms with Gasteiger partial charge in [0.05, 0.1) is 12.8 Å². The molecule has 0 aliphatic heterocycles. The number of benzene rings is 1. The number of hydrogen-bond acceptors (Lipinski definition) is 3. The van der Waals surface area contributed by atoms with Gasteiger partial charge in [0, 0.05) is 16.6 Å². The van der Waals surface area contributed by atoms with Crippen LogP contribution in [0.3, 0.4) is 0 Å². The minimum atomic E-state index is -0.372. The van der Waals surface area contributed by atoms with Crippen molar-refractivity contribution in [1.82, 2.24) is 5.32 Å². The normalized spacial score (nSPS) is 12.8. The first-order valence-electron chi connectivity index (χ1n) is 6.56. The third-order valence-electron chi connectivity index (χ3n) is 2.74. The minimum absolute atomic E-state index is 0.0628. The van der Waals surface area contributed by atoms with E-state index in [2.05, 4.69) is 10.6 Å². The topological polar surface area (TPSA) is 50.4 Å². The zero-order chi connectivity index (χ0) is 15.5. The molecule has 20 heavy (non-hydrogen) atoms. The standard InChI is InChI=1S/C15H23ClN2O2/c1-9-7-12(13(20-6)8-11(9)16)17-10(2)14(19)18-15(3,4)5/h7-8,10,17H,1-6H3,(H,18,19). The molecule has 2 N–H and O–H groups in total. The summed E-state index contributed by atoms with van der Waals surface area (Å²) in [5.74, 6) is 0.558. The second-order valence-corrected chi connectivity index (χ2v) is 6.31. The fourth-order valence-electron chi connectivity index (χ4n) is 1.72. The third kappa shape index (κ3) is 4.60. The van der Waals surface area contributed by atoms with Gasteiger partial charge in [-0.05, 0) is 46.2 Å². The Hall–Kier alpha value is -1.42. The van der Waals surface area contributed by atoms with Gasteiger partial charge in [-0.15, -0.1) is 0 Å². The summed E-state index contributed by atoms with van der Waals surface area (Å²) in [5.41, 5.74) is 1.43. The van der Waals surface area contributed by atoms with Crippen LogP contribution >= 0.6 is 11.6 Å². The van der Waals surface area contributed by atoms with Gasteiger partial charge < -0.3 is 15.4 Å². The molecule has 0 aliphatic rings. The van der Waals surface area contributed by atoms with Gasteiger partial charge >= 0.3 is 0 Å². The van der Waals surface area contributed by atoms with Crippen molar-refractivity contribution in [3.63, 3.8) is 0 Å². The number of nitrogens with one attached hydrogen (secondary N) is 2. The molecule has 1 amide bonds. The van der Waals surface area contributed by atoms with E-state index < -0.39 is 0 Å². The summed E-state index contributed by atoms with van der Waals surface area (Å²) in [6, 6.07) is 3.25. The second kappa shape index (κ2) is 6.35. The maximum Gasteiger partial charge on any atom is 0.242 e. The van der Waals surface area contributed by atoms with Crippen molar-refractivity contribution < 1.29 is 9.53 Å². The minimum Gasteiger partial charge on any atom is -0.495 e. The van der Waals surface area contributed by atoms with Crippen LogP contribution in [0.25, 0.3) is 0 Å². The largest absolute Gasteiger partial charge is 0.495 e. The van der Waals surface area contributed by atoms with E-state index in [-0.39, 0.29) is 17.5 Å². The van der Waals surface area contributed by atoms with Gasteiger partial charge in [0.25, 0.3) is 0 Å². The van der Waals surface area contributed by atoms with Crippen molar-refractivity contribution >= 4 is 23.2 Å². The highest BCUT2D eigenvalue weighted by Gasteiger charge is 2.20. The molecular formula is C15H23ClN2O2. The van der Waals surface area contributed by atoms with Gasteiger partial charge in [-0.25, -0.2) is 0 Å². The first-order chi connectivity index (χ1) is 9.14. The van der Waals surface area contributed by atoms with Gasteiger partial charge in [-0.3, -0.25) is 4.79 Å². The molecule has 0 bridgehead atoms. The molecule has 5 heteroatoms. The maximum atomic E-state index is 12.1. The Morgan fingerprint density at radius 3 is 2.45 bits per heavy atom. The number of carbonyl (C=O) groups is 1. The smallest absolute Gasteiger partial charge is 0.242 e. The average Bonchev–Trinajstić information content (AvgIpc) is 2.31. The highest BCUT2D eigenvalue weighted by Crippen LogP contribution is 2.31. The lowest BCUT2D eigenvalue weighted by molar-refractivity contribution is -0.122. The molecule has 112 valence electrons. The molecule has 0 radical (unpaired) electrons. The Morgan fingerprint density at radius 2 is 1.95 bits per heavy atom. The summed E-state index contributed by atoms with van der Waals surface area (Å²) >= 11 is 6.06. The molecule has 0 saturated heterocycles. The predicted molar refractivity (Wildman–Crippen MR) is 83.7 cm³/mol. The van der Waals surface area contributed by atoms with E-state index in [1.807, 2.05) is 40.7 Å². The van der Waals surface area contributed by atoms with Gasteiger partial charge in [0.15, 0.2) is 0 Å². The lowest BCUT2D eigenvalue weighted by Crippen LogP contribution is -2.47. The Morgan fingerprint density at radius 1 is 1.35 bits per heavy atom. The second-order valence-electron chi connectivity index (χ2n) is 5.91. The van der Waals surface area contributed by atoms with Crippen molar-refractivity contribution in [2.45, 2.75) is 46.2 Å². The Balaban J connectivity index is 2.87. The Labute approximate surface area is 125 Å². The Kier molecular flexibility index (Phi) is 5.28. The number of rotatable bonds is 4. The van der Waals surface area contributed by atoms with E-state index in [0.29, 0.717) is 10.8 Å². The molecule has 0 aromatic heterocycles. The number of aryl methyl sites for hydroxylation is 1. The molecular weight excluding hydrogens is 276 g/mol. The van der Waals surface area contributed by atoms with Crippen LogP contribution in [0.5, 0.6) is 5.75 Å². The van der Waals surface area contributed by atoms with E-state index in [4.69, 9.17) is 16.3 Å². The summed E-state index contributed by atoms with van der Waals surface area (Å²) < 4.78 is 5.28. The van der Waals surface area contributed by atoms with E-state index in [0.717, 1.165) is 11.3 Å². The molecule has 0 fully saturated rings. The number of methoxy groups -OCH3 is 1. The Bertz CT molecular complexity index is 495. The number of carbonyl (C=O) groups excluding carboxylic acids is 1. The third-order valence-corrected chi connectivity index (χ3v) is 3.15. The zero-order valence-corrected chi connectivity index (χ0v) is 13.7. The molecule has 1 unspecified atom stereocenters. The van der Waals surface area contributed by atoms with E-state index >= 15 is 0 Å². The number of halogens is 1. The van der Waals surface area contributed by atoms with Crippen LogP contribution in [0, 0.1) is 6.92 Å². The van der Waals surface area contributed by atoms with Crippen LogP contribution in [0.4, 0.5) is 5.69 Å². The first-order valence-corrected chi connectivity index (χ1v) is 6.94. The number of anilines is 1. The predicted octanol–water partition coefficient (Wildman–Crippen LogP) is 3.37. The number of hydrogen-bond donors (Lipinski definition) is 2. The molecule has 1 aromatic carbocycles. The average molecular weight is 299 g/mol. The summed E-state index contributed by atoms with van der Waals surface area (Å²) in [4.78, 5) is 12.1. The fourth-order valence-corrected chi connectivity index (χ4v) is 1.88. The summed E-state index contributed by atoms with van der Waals surface area (Å²) in [7, 11) is 1.58. The molecule has 0 saturated carbocycles. The van der Waals surface area contributed by atoms with E-state index in [1.54, 1.807) is 13.2 Å². The summed E-state index contributed by atoms with van der Waals surface area (Å²) in [6.07, 6.45) is 0. The van der Waals surface area contributed by atoms with E-state index in [9.17, 15) is 4.79 Å². The van der Waals surface area contributed by atoms with Crippen molar-refractivity contribution in [1.29, 1.82) is 0 Å². The summed E-state index contributed by atoms with van der Waals surface area (Å²) in [5, 5.41) is 6.73. The number of amides is 1. The molecule has 4 nitrogen and oxygen atoms in total. The van der Waals surface area contributed by atoms with Gasteiger partial charge in [-0.1, -0.05) is 11.6 Å². The van der Waals surface area contributed by atoms with Crippen LogP contribution < -0.4 is 15.4 Å². The van der Waals surface area contributed by atoms with Gasteiger partial charge in [0.1, 0.15) is 11.8 Å². The number of ether oxygens (including phenoxy) is 1. The van der Waals surface area contributed by atoms with E-state index in [1.165, 1.54) is 0 Å². The van der Waals surface area contributed by atoms with Gasteiger partial charge in [-0.2, -0.15) is 0 Å². The SMILES string of the molecule is COc1cc(Cl)c(C)cc1NC(C)C(=O)NC(C)(C)C. The fraction of sp³-hybridized carbons (Fsp3) is 0.533. The van der Waals surface area contributed by atoms with Crippen LogP contribution in [0.2, 0.25) is 5.02 Å². The maximum absolute atomic E-state index is 12.1. The van der Waals surface area contributed by atoms with Crippen molar-refractivity contribution in [2.24, 2.45) is 0 Å². The molecule has 1 aromatic rings. The molecule has 1 rings (SSSR count). The van der Waals surface area contributed by atoms with Crippen LogP contribution in [-0.2, 0) is 4.79 Å². The van der Waals surface area contributed by atoms with Gasteiger partial charge in [0.2, 0.25) is 5.91 Å². The first kappa shape index (κ1) is 16.6. The molecule has 1 atom stereocenters. The zero-order valence-electron chi connectivity index (χ0n) is 12.9. The monoisotopic (exact) mass is 298 g/mol. The molecule has 0 heterocycles. The highest BCUT2D eigenvalue weighted by molar-refractivity contribution is 6.31. The quantitative estimate of drug-likeness (QED) is 0.896. The highest BCUT2D eigenvalue weighted by atomic mass is 35.5. The van der Waals surface area contributed by atoms with Crippen molar-refractivity contribution in [3.8, 4) is 5.75 Å². The lowest BCUT2D eigenvalue weighted by Gasteiger charge is -2.24. The van der Waals surface area contributed by atoms with Crippen LogP contribution in [0.1, 0.15) is 33.3 Å². The van der Waals surface area contributed by atoms with Crippen molar-refractivity contribution in [2.75, 3.05) is 12.4 Å². The van der Waals surface area contributed by atoms with Crippen LogP contribution in [0.15, 0.2) is 12.1 Å². The molecule has 0 spiro atoms. The van der Waals surface area contributed by atoms with Crippen molar-refractivity contribution in [3.05, 3.63) is 22.7 Å². The summed E-state index contributed by atoms with van der Waals surface area (Å²) in [6.45, 7) is 9.57. The molecule has 0 aliphatic carbocycles.